The summed E-state index contributed by atoms with van der Waals surface area (Å²) in [6, 6.07) is 0. The van der Waals surface area contributed by atoms with E-state index in [0.717, 1.165) is 52.1 Å². The molecule has 0 radical (unpaired) electrons. The Hall–Kier alpha value is -1.14. The third kappa shape index (κ3) is 4.76. The maximum Gasteiger partial charge on any atom is 0.303 e. The molecular formula is C14H25N3O3. The van der Waals surface area contributed by atoms with Gasteiger partial charge in [0.1, 0.15) is 0 Å². The van der Waals surface area contributed by atoms with Crippen LogP contribution in [0.15, 0.2) is 0 Å². The Balaban J connectivity index is 1.71. The van der Waals surface area contributed by atoms with Crippen molar-refractivity contribution in [3.05, 3.63) is 0 Å². The Morgan fingerprint density at radius 2 is 2.05 bits per heavy atom. The summed E-state index contributed by atoms with van der Waals surface area (Å²) in [5.41, 5.74) is 0. The number of carbonyl (C=O) groups excluding carboxylic acids is 1. The molecule has 0 spiro atoms. The molecule has 114 valence electrons. The first-order valence-corrected chi connectivity index (χ1v) is 7.58. The first-order valence-electron chi connectivity index (χ1n) is 7.58. The van der Waals surface area contributed by atoms with E-state index in [1.807, 2.05) is 4.90 Å². The van der Waals surface area contributed by atoms with Crippen molar-refractivity contribution in [1.29, 1.82) is 0 Å². The predicted octanol–water partition coefficient (Wildman–Crippen LogP) is -0.00500. The molecule has 0 bridgehead atoms. The number of amides is 1. The highest BCUT2D eigenvalue weighted by molar-refractivity contribution is 5.78. The minimum atomic E-state index is -0.744. The molecule has 2 fully saturated rings. The first-order chi connectivity index (χ1) is 9.65. The molecule has 6 heteroatoms. The van der Waals surface area contributed by atoms with Crippen LogP contribution < -0.4 is 5.32 Å². The van der Waals surface area contributed by atoms with Gasteiger partial charge in [-0.3, -0.25) is 14.5 Å². The minimum Gasteiger partial charge on any atom is -0.481 e. The fourth-order valence-electron chi connectivity index (χ4n) is 2.97. The molecule has 2 saturated heterocycles. The first kappa shape index (κ1) is 15.3. The molecular weight excluding hydrogens is 258 g/mol. The molecule has 0 aromatic heterocycles. The largest absolute Gasteiger partial charge is 0.481 e. The van der Waals surface area contributed by atoms with E-state index >= 15 is 0 Å². The molecule has 2 aliphatic rings. The van der Waals surface area contributed by atoms with Gasteiger partial charge in [0.05, 0.1) is 6.54 Å². The van der Waals surface area contributed by atoms with Crippen molar-refractivity contribution < 1.29 is 14.7 Å². The zero-order chi connectivity index (χ0) is 14.4. The number of carbonyl (C=O) groups is 2. The molecule has 0 aromatic carbocycles. The van der Waals surface area contributed by atoms with Gasteiger partial charge in [-0.25, -0.2) is 0 Å². The van der Waals surface area contributed by atoms with Crippen LogP contribution in [0.3, 0.4) is 0 Å². The van der Waals surface area contributed by atoms with Crippen LogP contribution in [0.25, 0.3) is 0 Å². The van der Waals surface area contributed by atoms with Crippen molar-refractivity contribution in [3.63, 3.8) is 0 Å². The SMILES string of the molecule is O=C(O)CCC1CCN(C(=O)CN2CCCNCC2)C1. The Labute approximate surface area is 120 Å². The summed E-state index contributed by atoms with van der Waals surface area (Å²) in [7, 11) is 0. The van der Waals surface area contributed by atoms with E-state index in [2.05, 4.69) is 10.2 Å². The van der Waals surface area contributed by atoms with Crippen molar-refractivity contribution in [2.75, 3.05) is 45.8 Å². The lowest BCUT2D eigenvalue weighted by atomic mass is 10.0. The zero-order valence-electron chi connectivity index (χ0n) is 12.0. The summed E-state index contributed by atoms with van der Waals surface area (Å²) in [5.74, 6) is -0.183. The number of carboxylic acid groups (broad SMARTS) is 1. The predicted molar refractivity (Wildman–Crippen MR) is 75.5 cm³/mol. The minimum absolute atomic E-state index is 0.199. The summed E-state index contributed by atoms with van der Waals surface area (Å²) >= 11 is 0. The number of hydrogen-bond donors (Lipinski definition) is 2. The van der Waals surface area contributed by atoms with Crippen molar-refractivity contribution >= 4 is 11.9 Å². The summed E-state index contributed by atoms with van der Waals surface area (Å²) in [4.78, 5) is 27.0. The summed E-state index contributed by atoms with van der Waals surface area (Å²) in [5, 5.41) is 12.0. The normalized spacial score (nSPS) is 24.6. The maximum absolute atomic E-state index is 12.3. The van der Waals surface area contributed by atoms with E-state index in [4.69, 9.17) is 5.11 Å². The quantitative estimate of drug-likeness (QED) is 0.743. The Morgan fingerprint density at radius 1 is 1.20 bits per heavy atom. The van der Waals surface area contributed by atoms with Gasteiger partial charge in [0.15, 0.2) is 0 Å². The fraction of sp³-hybridized carbons (Fsp3) is 0.857. The average molecular weight is 283 g/mol. The molecule has 1 atom stereocenters. The highest BCUT2D eigenvalue weighted by atomic mass is 16.4. The highest BCUT2D eigenvalue weighted by Gasteiger charge is 2.27. The molecule has 0 aromatic rings. The lowest BCUT2D eigenvalue weighted by Crippen LogP contribution is -2.40. The molecule has 2 N–H and O–H groups in total. The molecule has 6 nitrogen and oxygen atoms in total. The second-order valence-electron chi connectivity index (χ2n) is 5.81. The zero-order valence-corrected chi connectivity index (χ0v) is 12.0. The Bertz CT molecular complexity index is 341. The van der Waals surface area contributed by atoms with E-state index in [0.29, 0.717) is 18.9 Å². The molecule has 1 unspecified atom stereocenters. The van der Waals surface area contributed by atoms with Crippen LogP contribution >= 0.6 is 0 Å². The molecule has 2 aliphatic heterocycles. The number of carboxylic acids is 1. The average Bonchev–Trinajstić information content (AvgIpc) is 2.75. The smallest absolute Gasteiger partial charge is 0.303 e. The van der Waals surface area contributed by atoms with Gasteiger partial charge in [0, 0.05) is 32.6 Å². The molecule has 0 aliphatic carbocycles. The maximum atomic E-state index is 12.3. The van der Waals surface area contributed by atoms with E-state index in [-0.39, 0.29) is 12.3 Å². The van der Waals surface area contributed by atoms with E-state index < -0.39 is 5.97 Å². The van der Waals surface area contributed by atoms with Gasteiger partial charge in [-0.2, -0.15) is 0 Å². The van der Waals surface area contributed by atoms with Crippen LogP contribution in [0.1, 0.15) is 25.7 Å². The van der Waals surface area contributed by atoms with Crippen LogP contribution in [0.2, 0.25) is 0 Å². The number of likely N-dealkylation sites (tertiary alicyclic amines) is 1. The van der Waals surface area contributed by atoms with Crippen molar-refractivity contribution in [3.8, 4) is 0 Å². The Morgan fingerprint density at radius 3 is 2.85 bits per heavy atom. The fourth-order valence-corrected chi connectivity index (χ4v) is 2.97. The standard InChI is InChI=1S/C14H25N3O3/c18-13(11-16-7-1-5-15-6-9-16)17-8-4-12(10-17)2-3-14(19)20/h12,15H,1-11H2,(H,19,20). The second kappa shape index (κ2) is 7.59. The third-order valence-corrected chi connectivity index (χ3v) is 4.20. The van der Waals surface area contributed by atoms with Gasteiger partial charge < -0.3 is 15.3 Å². The third-order valence-electron chi connectivity index (χ3n) is 4.20. The van der Waals surface area contributed by atoms with Crippen LogP contribution in [0, 0.1) is 5.92 Å². The van der Waals surface area contributed by atoms with Gasteiger partial charge in [0.25, 0.3) is 0 Å². The summed E-state index contributed by atoms with van der Waals surface area (Å²) in [6.45, 7) is 5.93. The Kier molecular flexibility index (Phi) is 5.79. The van der Waals surface area contributed by atoms with Gasteiger partial charge in [0.2, 0.25) is 5.91 Å². The number of nitrogens with zero attached hydrogens (tertiary/aromatic N) is 2. The number of rotatable bonds is 5. The topological polar surface area (TPSA) is 72.9 Å². The molecule has 2 heterocycles. The van der Waals surface area contributed by atoms with Gasteiger partial charge in [-0.1, -0.05) is 0 Å². The summed E-state index contributed by atoms with van der Waals surface area (Å²) < 4.78 is 0. The van der Waals surface area contributed by atoms with Crippen LogP contribution in [-0.2, 0) is 9.59 Å². The van der Waals surface area contributed by atoms with Gasteiger partial charge >= 0.3 is 5.97 Å². The van der Waals surface area contributed by atoms with Gasteiger partial charge in [-0.15, -0.1) is 0 Å². The van der Waals surface area contributed by atoms with Crippen LogP contribution in [-0.4, -0.2) is 72.6 Å². The van der Waals surface area contributed by atoms with E-state index in [1.54, 1.807) is 0 Å². The van der Waals surface area contributed by atoms with Crippen LogP contribution in [0.5, 0.6) is 0 Å². The van der Waals surface area contributed by atoms with Gasteiger partial charge in [-0.05, 0) is 38.3 Å². The lowest BCUT2D eigenvalue weighted by molar-refractivity contribution is -0.137. The van der Waals surface area contributed by atoms with E-state index in [1.165, 1.54) is 0 Å². The summed E-state index contributed by atoms with van der Waals surface area (Å²) in [6.07, 6.45) is 2.94. The number of aliphatic carboxylic acids is 1. The lowest BCUT2D eigenvalue weighted by Gasteiger charge is -2.23. The molecule has 20 heavy (non-hydrogen) atoms. The molecule has 1 amide bonds. The molecule has 0 saturated carbocycles. The van der Waals surface area contributed by atoms with Crippen LogP contribution in [0.4, 0.5) is 0 Å². The number of hydrogen-bond acceptors (Lipinski definition) is 4. The number of nitrogens with one attached hydrogen (secondary N) is 1. The highest BCUT2D eigenvalue weighted by Crippen LogP contribution is 2.21. The van der Waals surface area contributed by atoms with Crippen molar-refractivity contribution in [1.82, 2.24) is 15.1 Å². The monoisotopic (exact) mass is 283 g/mol. The van der Waals surface area contributed by atoms with E-state index in [9.17, 15) is 9.59 Å². The van der Waals surface area contributed by atoms with Crippen molar-refractivity contribution in [2.45, 2.75) is 25.7 Å². The van der Waals surface area contributed by atoms with Crippen molar-refractivity contribution in [2.24, 2.45) is 5.92 Å². The second-order valence-corrected chi connectivity index (χ2v) is 5.81. The molecule has 2 rings (SSSR count).